The molecule has 0 aromatic heterocycles. The van der Waals surface area contributed by atoms with Crippen LogP contribution in [0.5, 0.6) is 0 Å². The second kappa shape index (κ2) is 5.23. The number of rotatable bonds is 3. The summed E-state index contributed by atoms with van der Waals surface area (Å²) in [6, 6.07) is 8.51. The molecule has 0 aliphatic rings. The van der Waals surface area contributed by atoms with E-state index in [-0.39, 0.29) is 0 Å². The zero-order valence-corrected chi connectivity index (χ0v) is 9.76. The predicted molar refractivity (Wildman–Crippen MR) is 62.7 cm³/mol. The highest BCUT2D eigenvalue weighted by Gasteiger charge is 1.97. The summed E-state index contributed by atoms with van der Waals surface area (Å²) in [5.74, 6) is 0. The largest absolute Gasteiger partial charge is 0.0810 e. The minimum atomic E-state index is 1.11. The molecule has 0 bridgehead atoms. The molecule has 0 saturated heterocycles. The molecule has 0 unspecified atom stereocenters. The number of hydrogen-bond donors (Lipinski definition) is 0. The quantitative estimate of drug-likeness (QED) is 0.720. The van der Waals surface area contributed by atoms with Crippen LogP contribution in [-0.4, -0.2) is 0 Å². The Morgan fingerprint density at radius 1 is 1.23 bits per heavy atom. The summed E-state index contributed by atoms with van der Waals surface area (Å²) in [6.45, 7) is 4.37. The summed E-state index contributed by atoms with van der Waals surface area (Å²) in [7, 11) is 0. The lowest BCUT2D eigenvalue weighted by molar-refractivity contribution is 1.17. The van der Waals surface area contributed by atoms with Crippen LogP contribution in [0.2, 0.25) is 0 Å². The lowest BCUT2D eigenvalue weighted by Crippen LogP contribution is -1.81. The summed E-state index contributed by atoms with van der Waals surface area (Å²) in [4.78, 5) is 0. The lowest BCUT2D eigenvalue weighted by atomic mass is 10.0. The monoisotopic (exact) mass is 238 g/mol. The van der Waals surface area contributed by atoms with Gasteiger partial charge in [0.2, 0.25) is 0 Å². The summed E-state index contributed by atoms with van der Waals surface area (Å²) in [5.41, 5.74) is 2.78. The minimum absolute atomic E-state index is 1.11. The molecular formula is C12H15Br. The van der Waals surface area contributed by atoms with Crippen molar-refractivity contribution in [1.82, 2.24) is 0 Å². The van der Waals surface area contributed by atoms with Gasteiger partial charge in [-0.1, -0.05) is 48.0 Å². The van der Waals surface area contributed by atoms with E-state index < -0.39 is 0 Å². The van der Waals surface area contributed by atoms with Gasteiger partial charge in [-0.25, -0.2) is 0 Å². The molecule has 70 valence electrons. The Balaban J connectivity index is 2.92. The average Bonchev–Trinajstić information content (AvgIpc) is 2.16. The molecule has 0 aliphatic heterocycles. The number of halogens is 1. The highest BCUT2D eigenvalue weighted by Crippen LogP contribution is 2.20. The molecule has 0 fully saturated rings. The Morgan fingerprint density at radius 2 is 1.85 bits per heavy atom. The maximum atomic E-state index is 3.44. The molecule has 0 amide bonds. The van der Waals surface area contributed by atoms with E-state index in [0.29, 0.717) is 0 Å². The number of hydrogen-bond acceptors (Lipinski definition) is 0. The summed E-state index contributed by atoms with van der Waals surface area (Å²) in [6.07, 6.45) is 4.51. The molecule has 1 heteroatoms. The van der Waals surface area contributed by atoms with Gasteiger partial charge in [0.1, 0.15) is 0 Å². The topological polar surface area (TPSA) is 0 Å². The smallest absolute Gasteiger partial charge is 0.0175 e. The second-order valence-corrected chi connectivity index (χ2v) is 3.91. The van der Waals surface area contributed by atoms with Crippen LogP contribution >= 0.6 is 15.9 Å². The fourth-order valence-electron chi connectivity index (χ4n) is 1.38. The third-order valence-corrected chi connectivity index (χ3v) is 2.58. The van der Waals surface area contributed by atoms with Gasteiger partial charge in [-0.2, -0.15) is 0 Å². The van der Waals surface area contributed by atoms with Gasteiger partial charge >= 0.3 is 0 Å². The second-order valence-electron chi connectivity index (χ2n) is 3.00. The molecule has 0 aliphatic carbocycles. The molecule has 0 nitrogen and oxygen atoms in total. The summed E-state index contributed by atoms with van der Waals surface area (Å²) in [5, 5.41) is 0. The molecule has 1 aromatic carbocycles. The Bertz CT molecular complexity index is 282. The van der Waals surface area contributed by atoms with Crippen molar-refractivity contribution in [3.05, 3.63) is 40.4 Å². The lowest BCUT2D eigenvalue weighted by Gasteiger charge is -2.04. The van der Waals surface area contributed by atoms with E-state index in [1.165, 1.54) is 11.1 Å². The molecule has 1 rings (SSSR count). The van der Waals surface area contributed by atoms with E-state index in [9.17, 15) is 0 Å². The summed E-state index contributed by atoms with van der Waals surface area (Å²) < 4.78 is 1.14. The van der Waals surface area contributed by atoms with Gasteiger partial charge in [-0.15, -0.1) is 0 Å². The Labute approximate surface area is 88.8 Å². The van der Waals surface area contributed by atoms with Crippen LogP contribution in [0.25, 0.3) is 5.57 Å². The third-order valence-electron chi connectivity index (χ3n) is 2.05. The first-order valence-electron chi connectivity index (χ1n) is 4.73. The van der Waals surface area contributed by atoms with Crippen molar-refractivity contribution in [3.8, 4) is 0 Å². The van der Waals surface area contributed by atoms with E-state index in [1.807, 2.05) is 0 Å². The van der Waals surface area contributed by atoms with Crippen LogP contribution in [0.4, 0.5) is 0 Å². The number of allylic oxidation sites excluding steroid dienone is 2. The van der Waals surface area contributed by atoms with E-state index in [1.54, 1.807) is 0 Å². The van der Waals surface area contributed by atoms with Crippen LogP contribution in [0.15, 0.2) is 34.8 Å². The average molecular weight is 239 g/mol. The van der Waals surface area contributed by atoms with Crippen LogP contribution in [0, 0.1) is 0 Å². The van der Waals surface area contributed by atoms with Gasteiger partial charge in [-0.3, -0.25) is 0 Å². The molecule has 0 heterocycles. The highest BCUT2D eigenvalue weighted by atomic mass is 79.9. The molecule has 13 heavy (non-hydrogen) atoms. The van der Waals surface area contributed by atoms with Gasteiger partial charge in [0.15, 0.2) is 0 Å². The molecule has 0 N–H and O–H groups in total. The fourth-order valence-corrected chi connectivity index (χ4v) is 1.64. The predicted octanol–water partition coefficient (Wildman–Crippen LogP) is 4.65. The van der Waals surface area contributed by atoms with Crippen molar-refractivity contribution < 1.29 is 0 Å². The minimum Gasteiger partial charge on any atom is -0.0810 e. The van der Waals surface area contributed by atoms with Gasteiger partial charge in [0, 0.05) is 4.47 Å². The maximum absolute atomic E-state index is 3.44. The Hall–Kier alpha value is -0.560. The van der Waals surface area contributed by atoms with E-state index in [4.69, 9.17) is 0 Å². The van der Waals surface area contributed by atoms with Crippen molar-refractivity contribution in [1.29, 1.82) is 0 Å². The Morgan fingerprint density at radius 3 is 2.31 bits per heavy atom. The van der Waals surface area contributed by atoms with Crippen molar-refractivity contribution in [2.24, 2.45) is 0 Å². The molecular weight excluding hydrogens is 224 g/mol. The van der Waals surface area contributed by atoms with Crippen molar-refractivity contribution in [2.75, 3.05) is 0 Å². The standard InChI is InChI=1S/C12H15Br/c1-3-5-10(4-2)11-6-8-12(13)9-7-11/h5-9H,3-4H2,1-2H3. The molecule has 0 atom stereocenters. The van der Waals surface area contributed by atoms with E-state index in [0.717, 1.165) is 17.3 Å². The van der Waals surface area contributed by atoms with E-state index in [2.05, 4.69) is 60.1 Å². The molecule has 0 saturated carbocycles. The van der Waals surface area contributed by atoms with E-state index >= 15 is 0 Å². The van der Waals surface area contributed by atoms with Crippen LogP contribution < -0.4 is 0 Å². The van der Waals surface area contributed by atoms with Crippen molar-refractivity contribution in [3.63, 3.8) is 0 Å². The summed E-state index contributed by atoms with van der Waals surface area (Å²) >= 11 is 3.44. The normalized spacial score (nSPS) is 11.8. The fraction of sp³-hybridized carbons (Fsp3) is 0.333. The number of benzene rings is 1. The van der Waals surface area contributed by atoms with Crippen molar-refractivity contribution in [2.45, 2.75) is 26.7 Å². The Kier molecular flexibility index (Phi) is 4.23. The SMILES string of the molecule is CCC=C(CC)c1ccc(Br)cc1. The van der Waals surface area contributed by atoms with Gasteiger partial charge in [-0.05, 0) is 36.1 Å². The van der Waals surface area contributed by atoms with Crippen LogP contribution in [0.1, 0.15) is 32.3 Å². The van der Waals surface area contributed by atoms with Gasteiger partial charge in [0.25, 0.3) is 0 Å². The van der Waals surface area contributed by atoms with Gasteiger partial charge in [0.05, 0.1) is 0 Å². The zero-order valence-electron chi connectivity index (χ0n) is 8.18. The first-order chi connectivity index (χ1) is 6.27. The van der Waals surface area contributed by atoms with Crippen LogP contribution in [-0.2, 0) is 0 Å². The first-order valence-corrected chi connectivity index (χ1v) is 5.52. The third kappa shape index (κ3) is 3.00. The maximum Gasteiger partial charge on any atom is 0.0175 e. The van der Waals surface area contributed by atoms with Crippen LogP contribution in [0.3, 0.4) is 0 Å². The molecule has 1 aromatic rings. The van der Waals surface area contributed by atoms with Crippen molar-refractivity contribution >= 4 is 21.5 Å². The first kappa shape index (κ1) is 10.5. The highest BCUT2D eigenvalue weighted by molar-refractivity contribution is 9.10. The van der Waals surface area contributed by atoms with Gasteiger partial charge < -0.3 is 0 Å². The molecule has 0 spiro atoms. The zero-order chi connectivity index (χ0) is 9.68. The molecule has 0 radical (unpaired) electrons.